The van der Waals surface area contributed by atoms with E-state index in [1.807, 2.05) is 12.1 Å². The van der Waals surface area contributed by atoms with Crippen LogP contribution in [0.3, 0.4) is 0 Å². The minimum atomic E-state index is -0.219. The smallest absolute Gasteiger partial charge is 0.226 e. The third-order valence-corrected chi connectivity index (χ3v) is 5.03. The summed E-state index contributed by atoms with van der Waals surface area (Å²) in [4.78, 5) is 28.9. The van der Waals surface area contributed by atoms with Crippen LogP contribution in [-0.4, -0.2) is 23.8 Å². The fraction of sp³-hybridized carbons (Fsp3) is 0.250. The molecule has 0 atom stereocenters. The number of anilines is 1. The molecule has 0 unspecified atom stereocenters. The van der Waals surface area contributed by atoms with Crippen molar-refractivity contribution in [3.05, 3.63) is 53.6 Å². The van der Waals surface area contributed by atoms with Crippen molar-refractivity contribution in [2.75, 3.05) is 12.4 Å². The van der Waals surface area contributed by atoms with Crippen molar-refractivity contribution >= 4 is 38.4 Å². The molecule has 5 nitrogen and oxygen atoms in total. The number of hydrogen-bond acceptors (Lipinski definition) is 5. The first-order chi connectivity index (χ1) is 12.6. The van der Waals surface area contributed by atoms with Crippen molar-refractivity contribution in [3.8, 4) is 5.75 Å². The van der Waals surface area contributed by atoms with Crippen molar-refractivity contribution in [3.63, 3.8) is 0 Å². The summed E-state index contributed by atoms with van der Waals surface area (Å²) in [6.07, 6.45) is 1.19. The Morgan fingerprint density at radius 3 is 2.73 bits per heavy atom. The zero-order chi connectivity index (χ0) is 18.5. The Hall–Kier alpha value is -2.73. The van der Waals surface area contributed by atoms with Crippen LogP contribution in [0.5, 0.6) is 5.75 Å². The lowest BCUT2D eigenvalue weighted by molar-refractivity contribution is -0.116. The molecule has 0 aliphatic heterocycles. The van der Waals surface area contributed by atoms with E-state index in [9.17, 15) is 9.59 Å². The lowest BCUT2D eigenvalue weighted by Gasteiger charge is -2.07. The van der Waals surface area contributed by atoms with Gasteiger partial charge >= 0.3 is 0 Å². The minimum absolute atomic E-state index is 0.104. The topological polar surface area (TPSA) is 68.3 Å². The molecule has 0 spiro atoms. The number of ether oxygens (including phenoxy) is 1. The Bertz CT molecular complexity index is 949. The lowest BCUT2D eigenvalue weighted by atomic mass is 10.1. The standard InChI is InChI=1S/C20H20N2O3S/c1-3-13-8-9-15-18(12-13)26-20(21-15)22-19(24)11-10-16(23)14-6-4-5-7-17(14)25-2/h4-9,12H,3,10-11H2,1-2H3,(H,21,22,24). The fourth-order valence-electron chi connectivity index (χ4n) is 2.66. The Balaban J connectivity index is 1.61. The summed E-state index contributed by atoms with van der Waals surface area (Å²) in [7, 11) is 1.52. The number of benzene rings is 2. The SMILES string of the molecule is CCc1ccc2nc(NC(=O)CCC(=O)c3ccccc3OC)sc2c1. The van der Waals surface area contributed by atoms with E-state index < -0.39 is 0 Å². The number of amides is 1. The van der Waals surface area contributed by atoms with Crippen LogP contribution in [0.2, 0.25) is 0 Å². The Labute approximate surface area is 156 Å². The van der Waals surface area contributed by atoms with Gasteiger partial charge in [-0.05, 0) is 36.2 Å². The molecule has 1 heterocycles. The number of nitrogens with zero attached hydrogens (tertiary/aromatic N) is 1. The van der Waals surface area contributed by atoms with Crippen molar-refractivity contribution in [2.45, 2.75) is 26.2 Å². The summed E-state index contributed by atoms with van der Waals surface area (Å²) in [5.41, 5.74) is 2.60. The zero-order valence-electron chi connectivity index (χ0n) is 14.7. The third-order valence-electron chi connectivity index (χ3n) is 4.09. The molecule has 0 aliphatic rings. The summed E-state index contributed by atoms with van der Waals surface area (Å²) in [5, 5.41) is 3.35. The van der Waals surface area contributed by atoms with E-state index in [4.69, 9.17) is 4.74 Å². The molecule has 0 radical (unpaired) electrons. The van der Waals surface area contributed by atoms with Gasteiger partial charge in [-0.1, -0.05) is 36.5 Å². The molecule has 0 saturated heterocycles. The number of para-hydroxylation sites is 1. The van der Waals surface area contributed by atoms with Crippen LogP contribution in [-0.2, 0) is 11.2 Å². The van der Waals surface area contributed by atoms with Gasteiger partial charge in [0.15, 0.2) is 10.9 Å². The molecular formula is C20H20N2O3S. The Kier molecular flexibility index (Phi) is 5.63. The first kappa shape index (κ1) is 18.1. The van der Waals surface area contributed by atoms with E-state index in [2.05, 4.69) is 23.3 Å². The van der Waals surface area contributed by atoms with Gasteiger partial charge in [-0.15, -0.1) is 0 Å². The predicted octanol–water partition coefficient (Wildman–Crippen LogP) is 4.47. The predicted molar refractivity (Wildman–Crippen MR) is 104 cm³/mol. The number of thiazole rings is 1. The molecular weight excluding hydrogens is 348 g/mol. The maximum absolute atomic E-state index is 12.3. The van der Waals surface area contributed by atoms with Crippen molar-refractivity contribution < 1.29 is 14.3 Å². The number of fused-ring (bicyclic) bond motifs is 1. The number of hydrogen-bond donors (Lipinski definition) is 1. The van der Waals surface area contributed by atoms with Crippen molar-refractivity contribution in [2.24, 2.45) is 0 Å². The molecule has 134 valence electrons. The fourth-order valence-corrected chi connectivity index (χ4v) is 3.61. The molecule has 0 saturated carbocycles. The second-order valence-corrected chi connectivity index (χ2v) is 6.88. The minimum Gasteiger partial charge on any atom is -0.496 e. The number of carbonyl (C=O) groups is 2. The number of nitrogens with one attached hydrogen (secondary N) is 1. The first-order valence-electron chi connectivity index (χ1n) is 8.46. The maximum atomic E-state index is 12.3. The number of Topliss-reactive ketones (excluding diaryl/α,β-unsaturated/α-hetero) is 1. The highest BCUT2D eigenvalue weighted by Gasteiger charge is 2.14. The lowest BCUT2D eigenvalue weighted by Crippen LogP contribution is -2.13. The first-order valence-corrected chi connectivity index (χ1v) is 9.28. The molecule has 6 heteroatoms. The Morgan fingerprint density at radius 1 is 1.15 bits per heavy atom. The number of aryl methyl sites for hydroxylation is 1. The van der Waals surface area contributed by atoms with Gasteiger partial charge in [-0.3, -0.25) is 9.59 Å². The normalized spacial score (nSPS) is 10.7. The Morgan fingerprint density at radius 2 is 1.96 bits per heavy atom. The molecule has 0 bridgehead atoms. The van der Waals surface area contributed by atoms with Crippen LogP contribution >= 0.6 is 11.3 Å². The van der Waals surface area contributed by atoms with Gasteiger partial charge in [0, 0.05) is 12.8 Å². The van der Waals surface area contributed by atoms with Gasteiger partial charge in [0.2, 0.25) is 5.91 Å². The van der Waals surface area contributed by atoms with E-state index in [1.54, 1.807) is 24.3 Å². The molecule has 2 aromatic carbocycles. The highest BCUT2D eigenvalue weighted by Crippen LogP contribution is 2.27. The number of ketones is 1. The maximum Gasteiger partial charge on any atom is 0.226 e. The van der Waals surface area contributed by atoms with Crippen LogP contribution in [0, 0.1) is 0 Å². The second kappa shape index (κ2) is 8.10. The molecule has 1 amide bonds. The van der Waals surface area contributed by atoms with Gasteiger partial charge in [0.05, 0.1) is 22.9 Å². The van der Waals surface area contributed by atoms with Gasteiger partial charge in [0.1, 0.15) is 5.75 Å². The monoisotopic (exact) mass is 368 g/mol. The van der Waals surface area contributed by atoms with E-state index >= 15 is 0 Å². The van der Waals surface area contributed by atoms with Gasteiger partial charge in [0.25, 0.3) is 0 Å². The number of aromatic nitrogens is 1. The number of rotatable bonds is 7. The molecule has 3 aromatic rings. The number of carbonyl (C=O) groups excluding carboxylic acids is 2. The van der Waals surface area contributed by atoms with Crippen molar-refractivity contribution in [1.82, 2.24) is 4.98 Å². The van der Waals surface area contributed by atoms with Crippen molar-refractivity contribution in [1.29, 1.82) is 0 Å². The largest absolute Gasteiger partial charge is 0.496 e. The van der Waals surface area contributed by atoms with Gasteiger partial charge < -0.3 is 10.1 Å². The van der Waals surface area contributed by atoms with E-state index in [0.29, 0.717) is 16.4 Å². The summed E-state index contributed by atoms with van der Waals surface area (Å²) in [6, 6.07) is 13.1. The van der Waals surface area contributed by atoms with Crippen LogP contribution < -0.4 is 10.1 Å². The molecule has 1 N–H and O–H groups in total. The van der Waals surface area contributed by atoms with Crippen LogP contribution in [0.1, 0.15) is 35.7 Å². The highest BCUT2D eigenvalue weighted by atomic mass is 32.1. The molecule has 3 rings (SSSR count). The third kappa shape index (κ3) is 4.08. The quantitative estimate of drug-likeness (QED) is 0.625. The average Bonchev–Trinajstić information content (AvgIpc) is 3.07. The zero-order valence-corrected chi connectivity index (χ0v) is 15.6. The van der Waals surface area contributed by atoms with Crippen LogP contribution in [0.15, 0.2) is 42.5 Å². The van der Waals surface area contributed by atoms with Crippen LogP contribution in [0.4, 0.5) is 5.13 Å². The number of methoxy groups -OCH3 is 1. The summed E-state index contributed by atoms with van der Waals surface area (Å²) < 4.78 is 6.24. The molecule has 26 heavy (non-hydrogen) atoms. The highest BCUT2D eigenvalue weighted by molar-refractivity contribution is 7.22. The van der Waals surface area contributed by atoms with Crippen LogP contribution in [0.25, 0.3) is 10.2 Å². The molecule has 0 aliphatic carbocycles. The molecule has 1 aromatic heterocycles. The van der Waals surface area contributed by atoms with E-state index in [1.165, 1.54) is 24.0 Å². The van der Waals surface area contributed by atoms with Gasteiger partial charge in [-0.25, -0.2) is 4.98 Å². The van der Waals surface area contributed by atoms with E-state index in [0.717, 1.165) is 16.6 Å². The second-order valence-electron chi connectivity index (χ2n) is 5.85. The molecule has 0 fully saturated rings. The average molecular weight is 368 g/mol. The van der Waals surface area contributed by atoms with Gasteiger partial charge in [-0.2, -0.15) is 0 Å². The summed E-state index contributed by atoms with van der Waals surface area (Å²) in [6.45, 7) is 2.10. The van der Waals surface area contributed by atoms with E-state index in [-0.39, 0.29) is 24.5 Å². The summed E-state index contributed by atoms with van der Waals surface area (Å²) in [5.74, 6) is 0.188. The summed E-state index contributed by atoms with van der Waals surface area (Å²) >= 11 is 1.44.